The van der Waals surface area contributed by atoms with Gasteiger partial charge in [-0.05, 0) is 75.9 Å². The molecule has 1 aromatic rings. The van der Waals surface area contributed by atoms with Gasteiger partial charge in [0.05, 0.1) is 18.6 Å². The monoisotopic (exact) mass is 552 g/mol. The first-order chi connectivity index (χ1) is 18.2. The zero-order chi connectivity index (χ0) is 27.7. The molecule has 9 nitrogen and oxygen atoms in total. The van der Waals surface area contributed by atoms with E-state index in [4.69, 9.17) is 9.47 Å². The first-order valence-electron chi connectivity index (χ1n) is 14.2. The van der Waals surface area contributed by atoms with Crippen molar-refractivity contribution in [3.05, 3.63) is 23.3 Å². The smallest absolute Gasteiger partial charge is 0.248 e. The molecule has 0 aromatic heterocycles. The molecule has 2 saturated heterocycles. The largest absolute Gasteiger partial charge is 0.497 e. The fourth-order valence-corrected chi connectivity index (χ4v) is 7.78. The summed E-state index contributed by atoms with van der Waals surface area (Å²) in [5.74, 6) is 0.632. The molecule has 0 spiro atoms. The molecule has 0 aliphatic carbocycles. The van der Waals surface area contributed by atoms with Crippen molar-refractivity contribution in [3.63, 3.8) is 0 Å². The molecule has 0 radical (unpaired) electrons. The van der Waals surface area contributed by atoms with Gasteiger partial charge in [-0.15, -0.1) is 0 Å². The Kier molecular flexibility index (Phi) is 11.8. The van der Waals surface area contributed by atoms with Crippen molar-refractivity contribution < 1.29 is 22.7 Å². The number of carbonyl (C=O) groups is 1. The number of aryl methyl sites for hydroxylation is 2. The van der Waals surface area contributed by atoms with Gasteiger partial charge in [0.1, 0.15) is 12.4 Å². The summed E-state index contributed by atoms with van der Waals surface area (Å²) < 4.78 is 39.8. The molecule has 38 heavy (non-hydrogen) atoms. The van der Waals surface area contributed by atoms with E-state index in [0.29, 0.717) is 41.4 Å². The van der Waals surface area contributed by atoms with E-state index >= 15 is 0 Å². The summed E-state index contributed by atoms with van der Waals surface area (Å²) in [4.78, 5) is 20.0. The Bertz CT molecular complexity index is 981. The maximum Gasteiger partial charge on any atom is 0.248 e. The number of hydrogen-bond acceptors (Lipinski definition) is 7. The number of ether oxygens (including phenoxy) is 2. The van der Waals surface area contributed by atoms with E-state index in [2.05, 4.69) is 23.6 Å². The van der Waals surface area contributed by atoms with E-state index in [1.807, 2.05) is 4.90 Å². The molecule has 216 valence electrons. The normalized spacial score (nSPS) is 19.4. The van der Waals surface area contributed by atoms with Crippen molar-refractivity contribution in [2.45, 2.75) is 64.3 Å². The average Bonchev–Trinajstić information content (AvgIpc) is 3.37. The first kappa shape index (κ1) is 30.8. The van der Waals surface area contributed by atoms with Crippen LogP contribution in [-0.2, 0) is 19.6 Å². The highest BCUT2D eigenvalue weighted by Gasteiger charge is 2.37. The maximum absolute atomic E-state index is 13.6. The number of piperazine rings is 1. The van der Waals surface area contributed by atoms with Gasteiger partial charge in [-0.3, -0.25) is 9.69 Å². The predicted molar refractivity (Wildman–Crippen MR) is 150 cm³/mol. The third kappa shape index (κ3) is 7.91. The molecule has 10 heteroatoms. The molecule has 1 amide bonds. The van der Waals surface area contributed by atoms with Crippen molar-refractivity contribution >= 4 is 15.9 Å². The quantitative estimate of drug-likeness (QED) is 0.351. The van der Waals surface area contributed by atoms with E-state index in [-0.39, 0.29) is 25.2 Å². The number of carbonyl (C=O) groups excluding carboxylic acids is 1. The van der Waals surface area contributed by atoms with E-state index in [1.54, 1.807) is 37.4 Å². The molecule has 2 heterocycles. The minimum absolute atomic E-state index is 0.00818. The lowest BCUT2D eigenvalue weighted by Gasteiger charge is -2.36. The SMILES string of the molecule is CCCN(CCC)CCN1CCN(C(=O)COC[C@@H]2CCCN2S(=O)(=O)c2c(C)cc(OC)cc2C)CC1. The van der Waals surface area contributed by atoms with Crippen molar-refractivity contribution in [2.75, 3.05) is 79.2 Å². The van der Waals surface area contributed by atoms with Crippen molar-refractivity contribution in [1.82, 2.24) is 19.0 Å². The molecule has 1 aromatic carbocycles. The molecule has 2 fully saturated rings. The van der Waals surface area contributed by atoms with E-state index in [9.17, 15) is 13.2 Å². The molecular formula is C28H48N4O5S. The van der Waals surface area contributed by atoms with Crippen LogP contribution in [0.15, 0.2) is 17.0 Å². The van der Waals surface area contributed by atoms with Gasteiger partial charge in [0, 0.05) is 51.9 Å². The summed E-state index contributed by atoms with van der Waals surface area (Å²) in [5, 5.41) is 0. The number of benzene rings is 1. The fraction of sp³-hybridized carbons (Fsp3) is 0.750. The van der Waals surface area contributed by atoms with Gasteiger partial charge in [0.2, 0.25) is 15.9 Å². The summed E-state index contributed by atoms with van der Waals surface area (Å²) in [7, 11) is -2.10. The number of hydrogen-bond donors (Lipinski definition) is 0. The van der Waals surface area contributed by atoms with Crippen LogP contribution in [0.1, 0.15) is 50.7 Å². The Hall–Kier alpha value is -1.72. The van der Waals surface area contributed by atoms with Crippen LogP contribution in [-0.4, -0.2) is 119 Å². The Labute approximate surface area is 230 Å². The van der Waals surface area contributed by atoms with Crippen LogP contribution in [0.4, 0.5) is 0 Å². The summed E-state index contributed by atoms with van der Waals surface area (Å²) in [6.45, 7) is 16.3. The Morgan fingerprint density at radius 1 is 1.00 bits per heavy atom. The number of rotatable bonds is 14. The lowest BCUT2D eigenvalue weighted by molar-refractivity contribution is -0.138. The minimum Gasteiger partial charge on any atom is -0.497 e. The fourth-order valence-electron chi connectivity index (χ4n) is 5.69. The topological polar surface area (TPSA) is 82.6 Å². The maximum atomic E-state index is 13.6. The summed E-state index contributed by atoms with van der Waals surface area (Å²) in [6, 6.07) is 3.25. The van der Waals surface area contributed by atoms with Crippen LogP contribution in [0.2, 0.25) is 0 Å². The van der Waals surface area contributed by atoms with Gasteiger partial charge in [-0.2, -0.15) is 4.31 Å². The summed E-state index contributed by atoms with van der Waals surface area (Å²) in [5.41, 5.74) is 1.34. The molecular weight excluding hydrogens is 504 g/mol. The Balaban J connectivity index is 1.46. The zero-order valence-electron chi connectivity index (χ0n) is 24.1. The zero-order valence-corrected chi connectivity index (χ0v) is 24.9. The molecule has 0 unspecified atom stereocenters. The third-order valence-corrected chi connectivity index (χ3v) is 9.89. The Morgan fingerprint density at radius 2 is 1.63 bits per heavy atom. The molecule has 3 rings (SSSR count). The van der Waals surface area contributed by atoms with Gasteiger partial charge in [0.25, 0.3) is 0 Å². The number of sulfonamides is 1. The average molecular weight is 553 g/mol. The lowest BCUT2D eigenvalue weighted by Crippen LogP contribution is -2.51. The highest BCUT2D eigenvalue weighted by atomic mass is 32.2. The highest BCUT2D eigenvalue weighted by molar-refractivity contribution is 7.89. The highest BCUT2D eigenvalue weighted by Crippen LogP contribution is 2.32. The van der Waals surface area contributed by atoms with Crippen LogP contribution in [0, 0.1) is 13.8 Å². The third-order valence-electron chi connectivity index (χ3n) is 7.63. The second kappa shape index (κ2) is 14.6. The molecule has 1 atom stereocenters. The molecule has 0 bridgehead atoms. The predicted octanol–water partition coefficient (Wildman–Crippen LogP) is 2.75. The Morgan fingerprint density at radius 3 is 2.21 bits per heavy atom. The van der Waals surface area contributed by atoms with E-state index < -0.39 is 10.0 Å². The van der Waals surface area contributed by atoms with Crippen LogP contribution in [0.5, 0.6) is 5.75 Å². The van der Waals surface area contributed by atoms with Crippen LogP contribution in [0.3, 0.4) is 0 Å². The molecule has 0 saturated carbocycles. The van der Waals surface area contributed by atoms with Crippen molar-refractivity contribution in [1.29, 1.82) is 0 Å². The standard InChI is InChI=1S/C28H48N4O5S/c1-6-10-29(11-7-2)13-14-30-15-17-31(18-16-30)27(33)22-37-21-25-9-8-12-32(25)38(34,35)28-23(3)19-26(36-5)20-24(28)4/h19-20,25H,6-18,21-22H2,1-5H3/t25-/m0/s1. The number of nitrogens with zero attached hydrogens (tertiary/aromatic N) is 4. The molecule has 2 aliphatic heterocycles. The molecule has 2 aliphatic rings. The van der Waals surface area contributed by atoms with Gasteiger partial charge in [-0.1, -0.05) is 13.8 Å². The van der Waals surface area contributed by atoms with Gasteiger partial charge in [0.15, 0.2) is 0 Å². The number of methoxy groups -OCH3 is 1. The summed E-state index contributed by atoms with van der Waals surface area (Å²) in [6.07, 6.45) is 3.86. The summed E-state index contributed by atoms with van der Waals surface area (Å²) >= 11 is 0. The van der Waals surface area contributed by atoms with Crippen LogP contribution in [0.25, 0.3) is 0 Å². The van der Waals surface area contributed by atoms with E-state index in [1.165, 1.54) is 12.8 Å². The first-order valence-corrected chi connectivity index (χ1v) is 15.6. The minimum atomic E-state index is -3.68. The van der Waals surface area contributed by atoms with Crippen molar-refractivity contribution in [2.24, 2.45) is 0 Å². The number of amides is 1. The van der Waals surface area contributed by atoms with Crippen LogP contribution >= 0.6 is 0 Å². The lowest BCUT2D eigenvalue weighted by atomic mass is 10.1. The van der Waals surface area contributed by atoms with Crippen molar-refractivity contribution in [3.8, 4) is 5.75 Å². The second-order valence-electron chi connectivity index (χ2n) is 10.6. The van der Waals surface area contributed by atoms with Gasteiger partial charge >= 0.3 is 0 Å². The molecule has 0 N–H and O–H groups in total. The van der Waals surface area contributed by atoms with Crippen LogP contribution < -0.4 is 4.74 Å². The van der Waals surface area contributed by atoms with Gasteiger partial charge in [-0.25, -0.2) is 8.42 Å². The van der Waals surface area contributed by atoms with E-state index in [0.717, 1.165) is 52.1 Å². The second-order valence-corrected chi connectivity index (χ2v) is 12.4. The van der Waals surface area contributed by atoms with Gasteiger partial charge < -0.3 is 19.3 Å².